The van der Waals surface area contributed by atoms with Gasteiger partial charge in [-0.15, -0.1) is 23.2 Å². The number of allylic oxidation sites excluding steroid dienone is 8. The summed E-state index contributed by atoms with van der Waals surface area (Å²) in [6.07, 6.45) is 11.6. The molecule has 0 fully saturated rings. The van der Waals surface area contributed by atoms with Crippen LogP contribution in [0.3, 0.4) is 0 Å². The van der Waals surface area contributed by atoms with Crippen molar-refractivity contribution >= 4 is 23.2 Å². The molecule has 0 aromatic heterocycles. The molecule has 2 rings (SSSR count). The molecular formula is C13H16Cl2Ti. The normalized spacial score (nSPS) is 18.0. The molecule has 0 spiro atoms. The van der Waals surface area contributed by atoms with Gasteiger partial charge in [0.1, 0.15) is 0 Å². The van der Waals surface area contributed by atoms with Crippen LogP contribution in [0.15, 0.2) is 43.2 Å². The van der Waals surface area contributed by atoms with E-state index in [0.717, 1.165) is 0 Å². The Morgan fingerprint density at radius 1 is 1.00 bits per heavy atom. The van der Waals surface area contributed by atoms with Gasteiger partial charge in [0.15, 0.2) is 0 Å². The zero-order valence-corrected chi connectivity index (χ0v) is 12.8. The minimum atomic E-state index is 0.0324. The fourth-order valence-corrected chi connectivity index (χ4v) is 3.84. The summed E-state index contributed by atoms with van der Waals surface area (Å²) in [6.45, 7) is 4.50. The Bertz CT molecular complexity index is 328. The second-order valence-corrected chi connectivity index (χ2v) is 6.85. The molecule has 2 aliphatic carbocycles. The third-order valence-corrected chi connectivity index (χ3v) is 5.44. The van der Waals surface area contributed by atoms with E-state index in [0.29, 0.717) is 0 Å². The van der Waals surface area contributed by atoms with Gasteiger partial charge in [0, 0.05) is 0 Å². The molecule has 0 nitrogen and oxygen atoms in total. The minimum absolute atomic E-state index is 0.0324. The Hall–Kier alpha value is 0.254. The van der Waals surface area contributed by atoms with Crippen LogP contribution in [0, 0.1) is 0 Å². The molecule has 0 radical (unpaired) electrons. The van der Waals surface area contributed by atoms with Crippen molar-refractivity contribution in [2.75, 3.05) is 5.34 Å². The molecule has 0 heterocycles. The van der Waals surface area contributed by atoms with Gasteiger partial charge in [-0.2, -0.15) is 0 Å². The second kappa shape index (κ2) is 7.56. The quantitative estimate of drug-likeness (QED) is 0.498. The summed E-state index contributed by atoms with van der Waals surface area (Å²) >= 11 is 9.56. The van der Waals surface area contributed by atoms with Gasteiger partial charge in [-0.25, -0.2) is 0 Å². The first kappa shape index (κ1) is 14.3. The molecule has 86 valence electrons. The maximum atomic E-state index is 4.76. The van der Waals surface area contributed by atoms with Crippen LogP contribution in [-0.2, 0) is 19.2 Å². The van der Waals surface area contributed by atoms with Crippen molar-refractivity contribution in [1.82, 2.24) is 0 Å². The number of alkyl halides is 2. The molecule has 0 amide bonds. The predicted octanol–water partition coefficient (Wildman–Crippen LogP) is 4.96. The maximum Gasteiger partial charge on any atom is 0.0967 e. The molecule has 16 heavy (non-hydrogen) atoms. The van der Waals surface area contributed by atoms with Gasteiger partial charge in [0.25, 0.3) is 0 Å². The first-order chi connectivity index (χ1) is 7.69. The molecule has 0 aromatic rings. The largest absolute Gasteiger partial charge is 0.109 e. The molecule has 3 heteroatoms. The van der Waals surface area contributed by atoms with E-state index in [1.165, 1.54) is 24.0 Å². The van der Waals surface area contributed by atoms with Gasteiger partial charge in [-0.05, 0) is 0 Å². The summed E-state index contributed by atoms with van der Waals surface area (Å²) in [5, 5.41) is 0.194. The molecule has 2 aliphatic rings. The Morgan fingerprint density at radius 2 is 1.38 bits per heavy atom. The molecule has 0 bridgehead atoms. The molecular weight excluding hydrogens is 275 g/mol. The van der Waals surface area contributed by atoms with Crippen molar-refractivity contribution in [1.29, 1.82) is 0 Å². The summed E-state index contributed by atoms with van der Waals surface area (Å²) in [6, 6.07) is 0. The van der Waals surface area contributed by atoms with E-state index in [2.05, 4.69) is 38.2 Å². The summed E-state index contributed by atoms with van der Waals surface area (Å²) < 4.78 is 3.47. The zero-order valence-electron chi connectivity index (χ0n) is 9.69. The Balaban J connectivity index is 0.000000386. The van der Waals surface area contributed by atoms with Gasteiger partial charge in [-0.3, -0.25) is 0 Å². The zero-order chi connectivity index (χ0) is 12.0. The van der Waals surface area contributed by atoms with Gasteiger partial charge in [0.05, 0.1) is 5.34 Å². The molecule has 0 aliphatic heterocycles. The smallest absolute Gasteiger partial charge is 0.0967 e. The molecule has 0 saturated heterocycles. The molecule has 0 atom stereocenters. The first-order valence-corrected chi connectivity index (χ1v) is 7.93. The van der Waals surface area contributed by atoms with Crippen LogP contribution in [-0.4, -0.2) is 5.34 Å². The molecule has 0 unspecified atom stereocenters. The summed E-state index contributed by atoms with van der Waals surface area (Å²) in [5.41, 5.74) is 3.07. The van der Waals surface area contributed by atoms with E-state index in [-0.39, 0.29) is 24.5 Å². The van der Waals surface area contributed by atoms with Gasteiger partial charge in [-0.1, -0.05) is 0 Å². The number of hydrogen-bond acceptors (Lipinski definition) is 0. The van der Waals surface area contributed by atoms with Crippen molar-refractivity contribution in [2.24, 2.45) is 0 Å². The van der Waals surface area contributed by atoms with Gasteiger partial charge in [0.2, 0.25) is 0 Å². The van der Waals surface area contributed by atoms with Crippen molar-refractivity contribution in [2.45, 2.75) is 26.7 Å². The SMILES string of the molecule is CC1=[C]([Ti][C]2=C(C)C=CC2)CC=C1.ClCCl. The average Bonchev–Trinajstić information content (AvgIpc) is 2.80. The van der Waals surface area contributed by atoms with Gasteiger partial charge >= 0.3 is 89.0 Å². The van der Waals surface area contributed by atoms with Crippen LogP contribution in [0.25, 0.3) is 0 Å². The third kappa shape index (κ3) is 4.26. The van der Waals surface area contributed by atoms with E-state index in [1.54, 1.807) is 7.76 Å². The van der Waals surface area contributed by atoms with Crippen LogP contribution in [0.4, 0.5) is 0 Å². The molecule has 0 N–H and O–H groups in total. The average molecular weight is 291 g/mol. The molecule has 0 aromatic carbocycles. The monoisotopic (exact) mass is 290 g/mol. The van der Waals surface area contributed by atoms with E-state index in [9.17, 15) is 0 Å². The first-order valence-electron chi connectivity index (χ1n) is 5.30. The number of halogens is 2. The predicted molar refractivity (Wildman–Crippen MR) is 69.5 cm³/mol. The van der Waals surface area contributed by atoms with Crippen molar-refractivity contribution < 1.29 is 19.2 Å². The van der Waals surface area contributed by atoms with Crippen molar-refractivity contribution in [3.63, 3.8) is 0 Å². The van der Waals surface area contributed by atoms with Crippen LogP contribution >= 0.6 is 23.2 Å². The number of hydrogen-bond donors (Lipinski definition) is 0. The van der Waals surface area contributed by atoms with E-state index < -0.39 is 0 Å². The van der Waals surface area contributed by atoms with Crippen LogP contribution in [0.2, 0.25) is 0 Å². The Morgan fingerprint density at radius 3 is 1.62 bits per heavy atom. The second-order valence-electron chi connectivity index (χ2n) is 3.76. The van der Waals surface area contributed by atoms with E-state index in [1.807, 2.05) is 0 Å². The van der Waals surface area contributed by atoms with E-state index in [4.69, 9.17) is 23.2 Å². The standard InChI is InChI=1S/2C6H7.CH2Cl2.Ti/c2*1-6-4-2-3-5-6;2-1-3;/h2*2,4H,3H2,1H3;1H2;. The van der Waals surface area contributed by atoms with Crippen LogP contribution in [0.1, 0.15) is 26.7 Å². The fraction of sp³-hybridized carbons (Fsp3) is 0.385. The van der Waals surface area contributed by atoms with E-state index >= 15 is 0 Å². The van der Waals surface area contributed by atoms with Gasteiger partial charge < -0.3 is 0 Å². The molecule has 0 saturated carbocycles. The minimum Gasteiger partial charge on any atom is -0.109 e. The third-order valence-electron chi connectivity index (χ3n) is 2.63. The fourth-order valence-electron chi connectivity index (χ4n) is 1.71. The summed E-state index contributed by atoms with van der Waals surface area (Å²) in [4.78, 5) is 0. The van der Waals surface area contributed by atoms with Crippen LogP contribution < -0.4 is 0 Å². The summed E-state index contributed by atoms with van der Waals surface area (Å²) in [5.74, 6) is 0. The maximum absolute atomic E-state index is 4.76. The van der Waals surface area contributed by atoms with Crippen molar-refractivity contribution in [3.8, 4) is 0 Å². The topological polar surface area (TPSA) is 0 Å². The Labute approximate surface area is 117 Å². The van der Waals surface area contributed by atoms with Crippen LogP contribution in [0.5, 0.6) is 0 Å². The van der Waals surface area contributed by atoms with Crippen molar-refractivity contribution in [3.05, 3.63) is 43.2 Å². The summed E-state index contributed by atoms with van der Waals surface area (Å²) in [7, 11) is 0. The Kier molecular flexibility index (Phi) is 6.76. The number of rotatable bonds is 2.